The second kappa shape index (κ2) is 3.73. The molecule has 0 N–H and O–H groups in total. The van der Waals surface area contributed by atoms with Crippen LogP contribution in [0.4, 0.5) is 0 Å². The van der Waals surface area contributed by atoms with Crippen LogP contribution in [0.25, 0.3) is 0 Å². The third-order valence-electron chi connectivity index (χ3n) is 6.19. The van der Waals surface area contributed by atoms with Crippen LogP contribution < -0.4 is 0 Å². The van der Waals surface area contributed by atoms with E-state index >= 15 is 0 Å². The molecule has 100 valence electrons. The normalized spacial score (nSPS) is 41.8. The number of hydrogen-bond acceptors (Lipinski definition) is 1. The third-order valence-corrected chi connectivity index (χ3v) is 6.19. The van der Waals surface area contributed by atoms with Gasteiger partial charge in [-0.2, -0.15) is 0 Å². The predicted molar refractivity (Wildman–Crippen MR) is 73.0 cm³/mol. The molecule has 4 atom stereocenters. The van der Waals surface area contributed by atoms with Gasteiger partial charge in [0.2, 0.25) is 0 Å². The number of ether oxygens (including phenoxy) is 1. The van der Waals surface area contributed by atoms with Crippen molar-refractivity contribution < 1.29 is 4.74 Å². The minimum atomic E-state index is 0.257. The molecule has 0 saturated heterocycles. The van der Waals surface area contributed by atoms with Crippen molar-refractivity contribution in [2.45, 2.75) is 79.9 Å². The Morgan fingerprint density at radius 2 is 1.76 bits per heavy atom. The summed E-state index contributed by atoms with van der Waals surface area (Å²) in [6.45, 7) is 16.4. The Balaban J connectivity index is 2.08. The van der Waals surface area contributed by atoms with Gasteiger partial charge < -0.3 is 4.74 Å². The van der Waals surface area contributed by atoms with Gasteiger partial charge in [0.15, 0.2) is 0 Å². The van der Waals surface area contributed by atoms with Crippen molar-refractivity contribution >= 4 is 0 Å². The van der Waals surface area contributed by atoms with Gasteiger partial charge in [0.25, 0.3) is 0 Å². The lowest BCUT2D eigenvalue weighted by atomic mass is 9.71. The van der Waals surface area contributed by atoms with Crippen molar-refractivity contribution in [3.8, 4) is 0 Å². The Labute approximate surface area is 107 Å². The second-order valence-electron chi connectivity index (χ2n) is 8.31. The average Bonchev–Trinajstić information content (AvgIpc) is 2.46. The quantitative estimate of drug-likeness (QED) is 0.680. The second-order valence-corrected chi connectivity index (χ2v) is 8.31. The molecule has 2 fully saturated rings. The van der Waals surface area contributed by atoms with E-state index in [2.05, 4.69) is 48.5 Å². The smallest absolute Gasteiger partial charge is 0.0617 e. The highest BCUT2D eigenvalue weighted by Gasteiger charge is 2.61. The molecule has 17 heavy (non-hydrogen) atoms. The van der Waals surface area contributed by atoms with E-state index in [1.54, 1.807) is 0 Å². The van der Waals surface area contributed by atoms with E-state index < -0.39 is 0 Å². The molecule has 1 nitrogen and oxygen atoms in total. The molecule has 2 aliphatic rings. The summed E-state index contributed by atoms with van der Waals surface area (Å²) in [4.78, 5) is 0. The van der Waals surface area contributed by atoms with Gasteiger partial charge in [-0.3, -0.25) is 0 Å². The van der Waals surface area contributed by atoms with Gasteiger partial charge in [-0.25, -0.2) is 0 Å². The molecule has 0 radical (unpaired) electrons. The highest BCUT2D eigenvalue weighted by molar-refractivity contribution is 5.10. The van der Waals surface area contributed by atoms with Gasteiger partial charge in [-0.1, -0.05) is 41.5 Å². The van der Waals surface area contributed by atoms with Crippen LogP contribution in [0.1, 0.15) is 67.7 Å². The maximum absolute atomic E-state index is 6.41. The van der Waals surface area contributed by atoms with Crippen LogP contribution in [-0.2, 0) is 4.74 Å². The zero-order valence-electron chi connectivity index (χ0n) is 12.8. The van der Waals surface area contributed by atoms with Gasteiger partial charge in [0, 0.05) is 0 Å². The van der Waals surface area contributed by atoms with E-state index in [9.17, 15) is 0 Å². The third kappa shape index (κ3) is 1.95. The Morgan fingerprint density at radius 3 is 2.12 bits per heavy atom. The fraction of sp³-hybridized carbons (Fsp3) is 1.00. The molecule has 0 aromatic heterocycles. The van der Waals surface area contributed by atoms with E-state index in [1.807, 2.05) is 0 Å². The van der Waals surface area contributed by atoms with Crippen LogP contribution in [0, 0.1) is 22.2 Å². The van der Waals surface area contributed by atoms with Crippen LogP contribution in [-0.4, -0.2) is 12.2 Å². The van der Waals surface area contributed by atoms with Crippen molar-refractivity contribution in [2.24, 2.45) is 22.2 Å². The lowest BCUT2D eigenvalue weighted by Crippen LogP contribution is -2.34. The Kier molecular flexibility index (Phi) is 2.94. The molecular formula is C16H30O. The van der Waals surface area contributed by atoms with Crippen LogP contribution in [0.15, 0.2) is 0 Å². The summed E-state index contributed by atoms with van der Waals surface area (Å²) < 4.78 is 6.41. The van der Waals surface area contributed by atoms with Crippen molar-refractivity contribution in [1.29, 1.82) is 0 Å². The lowest BCUT2D eigenvalue weighted by Gasteiger charge is -2.34. The molecule has 1 heteroatoms. The fourth-order valence-corrected chi connectivity index (χ4v) is 3.82. The van der Waals surface area contributed by atoms with E-state index in [-0.39, 0.29) is 5.41 Å². The average molecular weight is 238 g/mol. The van der Waals surface area contributed by atoms with Crippen molar-refractivity contribution in [3.05, 3.63) is 0 Å². The standard InChI is InChI=1S/C16H30O/c1-11(14(2,3)4)17-13-10-16(7)9-8-12(13)15(16,5)6/h11-13H,8-10H2,1-7H3. The minimum Gasteiger partial charge on any atom is -0.374 e. The molecular weight excluding hydrogens is 208 g/mol. The van der Waals surface area contributed by atoms with E-state index in [1.165, 1.54) is 19.3 Å². The molecule has 0 aromatic carbocycles. The minimum absolute atomic E-state index is 0.257. The summed E-state index contributed by atoms with van der Waals surface area (Å²) in [6.07, 6.45) is 4.88. The first-order valence-electron chi connectivity index (χ1n) is 7.23. The molecule has 2 saturated carbocycles. The SMILES string of the molecule is CC(OC1CC2(C)CCC1C2(C)C)C(C)(C)C. The Morgan fingerprint density at radius 1 is 1.18 bits per heavy atom. The highest BCUT2D eigenvalue weighted by Crippen LogP contribution is 2.66. The van der Waals surface area contributed by atoms with Crippen LogP contribution in [0.3, 0.4) is 0 Å². The fourth-order valence-electron chi connectivity index (χ4n) is 3.82. The molecule has 4 unspecified atom stereocenters. The summed E-state index contributed by atoms with van der Waals surface area (Å²) >= 11 is 0. The van der Waals surface area contributed by atoms with Gasteiger partial charge >= 0.3 is 0 Å². The van der Waals surface area contributed by atoms with Gasteiger partial charge in [-0.15, -0.1) is 0 Å². The molecule has 2 bridgehead atoms. The summed E-state index contributed by atoms with van der Waals surface area (Å²) in [5, 5.41) is 0. The maximum atomic E-state index is 6.41. The monoisotopic (exact) mass is 238 g/mol. The zero-order chi connectivity index (χ0) is 13.1. The number of fused-ring (bicyclic) bond motifs is 2. The number of hydrogen-bond donors (Lipinski definition) is 0. The van der Waals surface area contributed by atoms with Crippen LogP contribution >= 0.6 is 0 Å². The summed E-state index contributed by atoms with van der Waals surface area (Å²) in [7, 11) is 0. The van der Waals surface area contributed by atoms with E-state index in [4.69, 9.17) is 4.74 Å². The summed E-state index contributed by atoms with van der Waals surface area (Å²) in [6, 6.07) is 0. The highest BCUT2D eigenvalue weighted by atomic mass is 16.5. The molecule has 0 spiro atoms. The molecule has 0 amide bonds. The molecule has 0 heterocycles. The van der Waals surface area contributed by atoms with Gasteiger partial charge in [-0.05, 0) is 48.3 Å². The number of rotatable bonds is 2. The Hall–Kier alpha value is -0.0400. The Bertz CT molecular complexity index is 296. The van der Waals surface area contributed by atoms with Crippen molar-refractivity contribution in [1.82, 2.24) is 0 Å². The molecule has 0 aliphatic heterocycles. The summed E-state index contributed by atoms with van der Waals surface area (Å²) in [5.41, 5.74) is 1.24. The first kappa shape index (κ1) is 13.4. The van der Waals surface area contributed by atoms with Crippen LogP contribution in [0.2, 0.25) is 0 Å². The van der Waals surface area contributed by atoms with E-state index in [0.29, 0.717) is 23.0 Å². The van der Waals surface area contributed by atoms with E-state index in [0.717, 1.165) is 5.92 Å². The predicted octanol–water partition coefficient (Wildman–Crippen LogP) is 4.65. The first-order chi connectivity index (χ1) is 7.58. The zero-order valence-corrected chi connectivity index (χ0v) is 12.8. The van der Waals surface area contributed by atoms with Gasteiger partial charge in [0.05, 0.1) is 12.2 Å². The summed E-state index contributed by atoms with van der Waals surface area (Å²) in [5.74, 6) is 0.775. The maximum Gasteiger partial charge on any atom is 0.0617 e. The largest absolute Gasteiger partial charge is 0.374 e. The molecule has 2 rings (SSSR count). The molecule has 0 aromatic rings. The van der Waals surface area contributed by atoms with Gasteiger partial charge in [0.1, 0.15) is 0 Å². The van der Waals surface area contributed by atoms with Crippen molar-refractivity contribution in [2.75, 3.05) is 0 Å². The first-order valence-corrected chi connectivity index (χ1v) is 7.23. The lowest BCUT2D eigenvalue weighted by molar-refractivity contribution is -0.0824. The topological polar surface area (TPSA) is 9.23 Å². The van der Waals surface area contributed by atoms with Crippen molar-refractivity contribution in [3.63, 3.8) is 0 Å². The molecule has 2 aliphatic carbocycles. The van der Waals surface area contributed by atoms with Crippen LogP contribution in [0.5, 0.6) is 0 Å².